The van der Waals surface area contributed by atoms with Gasteiger partial charge in [-0.25, -0.2) is 17.5 Å². The summed E-state index contributed by atoms with van der Waals surface area (Å²) in [6, 6.07) is 12.6. The van der Waals surface area contributed by atoms with Crippen LogP contribution in [0.4, 0.5) is 4.39 Å². The van der Waals surface area contributed by atoms with Gasteiger partial charge in [0.05, 0.1) is 15.8 Å². The van der Waals surface area contributed by atoms with E-state index in [0.717, 1.165) is 28.9 Å². The predicted molar refractivity (Wildman–Crippen MR) is 121 cm³/mol. The van der Waals surface area contributed by atoms with E-state index in [1.165, 1.54) is 12.1 Å². The lowest BCUT2D eigenvalue weighted by atomic mass is 9.97. The lowest BCUT2D eigenvalue weighted by molar-refractivity contribution is -0.122. The van der Waals surface area contributed by atoms with Crippen LogP contribution >= 0.6 is 11.6 Å². The van der Waals surface area contributed by atoms with E-state index in [0.29, 0.717) is 30.8 Å². The van der Waals surface area contributed by atoms with Crippen molar-refractivity contribution in [3.8, 4) is 5.69 Å². The number of nitrogens with zero attached hydrogens (tertiary/aromatic N) is 2. The summed E-state index contributed by atoms with van der Waals surface area (Å²) < 4.78 is 41.0. The Kier molecular flexibility index (Phi) is 6.49. The van der Waals surface area contributed by atoms with Gasteiger partial charge in [0.1, 0.15) is 11.6 Å². The lowest BCUT2D eigenvalue weighted by Crippen LogP contribution is -2.31. The third-order valence-corrected chi connectivity index (χ3v) is 8.69. The van der Waals surface area contributed by atoms with Gasteiger partial charge in [0.2, 0.25) is 0 Å². The highest BCUT2D eigenvalue weighted by Gasteiger charge is 2.41. The van der Waals surface area contributed by atoms with E-state index in [9.17, 15) is 17.6 Å². The maximum Gasteiger partial charge on any atom is 0.181 e. The Morgan fingerprint density at radius 1 is 1.12 bits per heavy atom. The molecule has 2 atom stereocenters. The molecule has 5 nitrogen and oxygen atoms in total. The van der Waals surface area contributed by atoms with Crippen LogP contribution < -0.4 is 0 Å². The molecule has 1 fully saturated rings. The Morgan fingerprint density at radius 3 is 2.50 bits per heavy atom. The van der Waals surface area contributed by atoms with Crippen LogP contribution in [0.1, 0.15) is 36.8 Å². The molecule has 8 heteroatoms. The fourth-order valence-corrected chi connectivity index (χ4v) is 6.58. The van der Waals surface area contributed by atoms with Gasteiger partial charge >= 0.3 is 0 Å². The molecule has 0 unspecified atom stereocenters. The molecule has 32 heavy (non-hydrogen) atoms. The zero-order chi connectivity index (χ0) is 22.9. The molecule has 2 aromatic carbocycles. The van der Waals surface area contributed by atoms with Crippen molar-refractivity contribution in [1.29, 1.82) is 0 Å². The van der Waals surface area contributed by atoms with Crippen molar-refractivity contribution in [1.82, 2.24) is 9.78 Å². The number of aryl methyl sites for hydroxylation is 2. The van der Waals surface area contributed by atoms with Crippen LogP contribution in [0.2, 0.25) is 5.15 Å². The molecule has 1 aliphatic rings. The van der Waals surface area contributed by atoms with Gasteiger partial charge in [-0.2, -0.15) is 5.10 Å². The van der Waals surface area contributed by atoms with Gasteiger partial charge in [-0.1, -0.05) is 35.7 Å². The van der Waals surface area contributed by atoms with E-state index < -0.39 is 26.8 Å². The van der Waals surface area contributed by atoms with Crippen molar-refractivity contribution < 1.29 is 17.6 Å². The predicted octanol–water partition coefficient (Wildman–Crippen LogP) is 5.12. The molecule has 3 aromatic rings. The summed E-state index contributed by atoms with van der Waals surface area (Å²) in [7, 11) is -3.71. The highest BCUT2D eigenvalue weighted by molar-refractivity contribution is 7.92. The second kappa shape index (κ2) is 9.16. The first kappa shape index (κ1) is 22.7. The number of sulfone groups is 1. The molecule has 1 aliphatic carbocycles. The van der Waals surface area contributed by atoms with Gasteiger partial charge in [0, 0.05) is 24.1 Å². The van der Waals surface area contributed by atoms with Crippen molar-refractivity contribution in [3.05, 3.63) is 76.8 Å². The molecule has 4 rings (SSSR count). The molecule has 1 heterocycles. The maximum absolute atomic E-state index is 13.2. The minimum Gasteiger partial charge on any atom is -0.299 e. The second-order valence-electron chi connectivity index (χ2n) is 8.27. The van der Waals surface area contributed by atoms with Crippen LogP contribution in [0.5, 0.6) is 0 Å². The molecule has 0 saturated heterocycles. The van der Waals surface area contributed by atoms with E-state index in [1.807, 2.05) is 37.4 Å². The van der Waals surface area contributed by atoms with E-state index >= 15 is 0 Å². The molecule has 0 spiro atoms. The Hall–Kier alpha value is -2.51. The summed E-state index contributed by atoms with van der Waals surface area (Å²) in [5.41, 5.74) is 2.76. The Labute approximate surface area is 192 Å². The highest BCUT2D eigenvalue weighted by atomic mass is 35.5. The Bertz CT molecular complexity index is 1220. The quantitative estimate of drug-likeness (QED) is 0.446. The van der Waals surface area contributed by atoms with Gasteiger partial charge in [0.15, 0.2) is 15.0 Å². The molecular weight excluding hydrogens is 451 g/mol. The van der Waals surface area contributed by atoms with Crippen LogP contribution in [-0.4, -0.2) is 29.2 Å². The molecular formula is C24H24ClFN2O3S. The van der Waals surface area contributed by atoms with Gasteiger partial charge in [-0.05, 0) is 62.6 Å². The van der Waals surface area contributed by atoms with Gasteiger partial charge in [-0.3, -0.25) is 4.79 Å². The van der Waals surface area contributed by atoms with Crippen LogP contribution in [0, 0.1) is 18.7 Å². The number of halogens is 2. The van der Waals surface area contributed by atoms with Crippen molar-refractivity contribution >= 4 is 27.2 Å². The van der Waals surface area contributed by atoms with Crippen LogP contribution in [0.25, 0.3) is 5.69 Å². The maximum atomic E-state index is 13.2. The molecule has 0 bridgehead atoms. The van der Waals surface area contributed by atoms with Gasteiger partial charge < -0.3 is 0 Å². The summed E-state index contributed by atoms with van der Waals surface area (Å²) in [6.45, 7) is 2.00. The highest BCUT2D eigenvalue weighted by Crippen LogP contribution is 2.36. The molecule has 0 amide bonds. The molecule has 168 valence electrons. The van der Waals surface area contributed by atoms with Crippen molar-refractivity contribution in [2.75, 3.05) is 0 Å². The minimum atomic E-state index is -3.71. The van der Waals surface area contributed by atoms with Crippen molar-refractivity contribution in [2.24, 2.45) is 5.92 Å². The van der Waals surface area contributed by atoms with E-state index in [4.69, 9.17) is 11.6 Å². The van der Waals surface area contributed by atoms with Gasteiger partial charge in [-0.15, -0.1) is 0 Å². The first-order chi connectivity index (χ1) is 15.3. The molecule has 0 aliphatic heterocycles. The Morgan fingerprint density at radius 2 is 1.81 bits per heavy atom. The number of aromatic nitrogens is 2. The standard InChI is InChI=1S/C24H24ClFN2O3S/c1-16-5-10-19(11-6-16)28-15-17(24(25)27-28)7-14-22(29)21-3-2-4-23(21)32(30,31)20-12-8-18(26)9-13-20/h5-6,8-13,15,21,23H,2-4,7,14H2,1H3/t21-,23-/m0/s1. The molecule has 0 radical (unpaired) electrons. The molecule has 1 aromatic heterocycles. The number of hydrogen-bond acceptors (Lipinski definition) is 4. The zero-order valence-electron chi connectivity index (χ0n) is 17.7. The summed E-state index contributed by atoms with van der Waals surface area (Å²) in [5, 5.41) is 3.89. The van der Waals surface area contributed by atoms with E-state index in [2.05, 4.69) is 5.10 Å². The number of ketones is 1. The largest absolute Gasteiger partial charge is 0.299 e. The van der Waals surface area contributed by atoms with E-state index in [1.54, 1.807) is 4.68 Å². The number of benzene rings is 2. The van der Waals surface area contributed by atoms with Crippen LogP contribution in [0.15, 0.2) is 59.6 Å². The fraction of sp³-hybridized carbons (Fsp3) is 0.333. The summed E-state index contributed by atoms with van der Waals surface area (Å²) in [4.78, 5) is 13.1. The first-order valence-corrected chi connectivity index (χ1v) is 12.5. The van der Waals surface area contributed by atoms with Gasteiger partial charge in [0.25, 0.3) is 0 Å². The lowest BCUT2D eigenvalue weighted by Gasteiger charge is -2.19. The average molecular weight is 475 g/mol. The third-order valence-electron chi connectivity index (χ3n) is 6.08. The minimum absolute atomic E-state index is 0.0611. The number of rotatable bonds is 7. The van der Waals surface area contributed by atoms with Crippen molar-refractivity contribution in [3.63, 3.8) is 0 Å². The smallest absolute Gasteiger partial charge is 0.181 e. The second-order valence-corrected chi connectivity index (χ2v) is 10.8. The number of carbonyl (C=O) groups excluding carboxylic acids is 1. The Balaban J connectivity index is 1.46. The monoisotopic (exact) mass is 474 g/mol. The SMILES string of the molecule is Cc1ccc(-n2cc(CCC(=O)[C@@H]3CCC[C@@H]3S(=O)(=O)c3ccc(F)cc3)c(Cl)n2)cc1. The normalized spacial score (nSPS) is 18.7. The number of hydrogen-bond donors (Lipinski definition) is 0. The number of Topliss-reactive ketones (excluding diaryl/α,β-unsaturated/α-hetero) is 1. The average Bonchev–Trinajstić information content (AvgIpc) is 3.40. The fourth-order valence-electron chi connectivity index (χ4n) is 4.29. The molecule has 0 N–H and O–H groups in total. The first-order valence-electron chi connectivity index (χ1n) is 10.6. The number of carbonyl (C=O) groups is 1. The van der Waals surface area contributed by atoms with E-state index in [-0.39, 0.29) is 17.1 Å². The third kappa shape index (κ3) is 4.64. The van der Waals surface area contributed by atoms with Crippen molar-refractivity contribution in [2.45, 2.75) is 49.2 Å². The summed E-state index contributed by atoms with van der Waals surface area (Å²) >= 11 is 6.29. The van der Waals surface area contributed by atoms with Crippen LogP contribution in [-0.2, 0) is 21.1 Å². The zero-order valence-corrected chi connectivity index (χ0v) is 19.2. The summed E-state index contributed by atoms with van der Waals surface area (Å²) in [6.07, 6.45) is 4.04. The summed E-state index contributed by atoms with van der Waals surface area (Å²) in [5.74, 6) is -1.14. The van der Waals surface area contributed by atoms with Crippen LogP contribution in [0.3, 0.4) is 0 Å². The topological polar surface area (TPSA) is 69.0 Å². The molecule has 1 saturated carbocycles.